The number of nitrogens with zero attached hydrogens (tertiary/aromatic N) is 2. The Balaban J connectivity index is 1.31. The number of fused-ring (bicyclic) bond motifs is 6. The first-order chi connectivity index (χ1) is 12.1. The second kappa shape index (κ2) is 5.28. The fourth-order valence-corrected chi connectivity index (χ4v) is 5.06. The van der Waals surface area contributed by atoms with Gasteiger partial charge in [-0.25, -0.2) is 0 Å². The van der Waals surface area contributed by atoms with Gasteiger partial charge in [-0.2, -0.15) is 0 Å². The number of hydrogen-bond acceptors (Lipinski definition) is 3. The molecule has 128 valence electrons. The molecule has 1 aromatic rings. The molecule has 2 aliphatic carbocycles. The van der Waals surface area contributed by atoms with Crippen molar-refractivity contribution in [2.24, 2.45) is 23.7 Å². The summed E-state index contributed by atoms with van der Waals surface area (Å²) in [6.45, 7) is 1.10. The highest BCUT2D eigenvalue weighted by molar-refractivity contribution is 6.08. The van der Waals surface area contributed by atoms with Gasteiger partial charge in [0, 0.05) is 13.1 Å². The van der Waals surface area contributed by atoms with E-state index in [1.807, 2.05) is 18.2 Å². The molecule has 2 heterocycles. The Kier molecular flexibility index (Phi) is 3.14. The lowest BCUT2D eigenvalue weighted by atomic mass is 9.85. The summed E-state index contributed by atoms with van der Waals surface area (Å²) in [5.41, 5.74) is 2.43. The molecule has 5 nitrogen and oxygen atoms in total. The minimum absolute atomic E-state index is 0.105. The molecule has 2 fully saturated rings. The highest BCUT2D eigenvalue weighted by Gasteiger charge is 2.59. The van der Waals surface area contributed by atoms with Crippen LogP contribution < -0.4 is 0 Å². The average molecular weight is 336 g/mol. The number of allylic oxidation sites excluding steroid dienone is 2. The van der Waals surface area contributed by atoms with Crippen molar-refractivity contribution in [2.45, 2.75) is 19.4 Å². The zero-order chi connectivity index (χ0) is 17.1. The maximum Gasteiger partial charge on any atom is 0.243 e. The van der Waals surface area contributed by atoms with Crippen LogP contribution in [-0.4, -0.2) is 40.6 Å². The van der Waals surface area contributed by atoms with Crippen LogP contribution in [0.3, 0.4) is 0 Å². The van der Waals surface area contributed by atoms with Gasteiger partial charge in [0.1, 0.15) is 6.54 Å². The molecule has 4 atom stereocenters. The minimum atomic E-state index is -0.225. The first kappa shape index (κ1) is 14.9. The first-order valence-corrected chi connectivity index (χ1v) is 9.01. The summed E-state index contributed by atoms with van der Waals surface area (Å²) in [4.78, 5) is 41.1. The van der Waals surface area contributed by atoms with Gasteiger partial charge in [0.2, 0.25) is 17.7 Å². The molecule has 5 rings (SSSR count). The molecule has 0 aromatic heterocycles. The van der Waals surface area contributed by atoms with E-state index < -0.39 is 0 Å². The lowest BCUT2D eigenvalue weighted by Crippen LogP contribution is -2.45. The van der Waals surface area contributed by atoms with E-state index in [-0.39, 0.29) is 47.9 Å². The molecular formula is C20H20N2O3. The highest BCUT2D eigenvalue weighted by atomic mass is 16.2. The van der Waals surface area contributed by atoms with Crippen molar-refractivity contribution in [1.29, 1.82) is 0 Å². The topological polar surface area (TPSA) is 57.7 Å². The fraction of sp³-hybridized carbons (Fsp3) is 0.450. The van der Waals surface area contributed by atoms with Gasteiger partial charge in [-0.1, -0.05) is 36.4 Å². The molecule has 0 radical (unpaired) electrons. The molecule has 2 bridgehead atoms. The Hall–Kier alpha value is -2.43. The van der Waals surface area contributed by atoms with Gasteiger partial charge in [-0.3, -0.25) is 19.3 Å². The molecule has 1 aromatic carbocycles. The third-order valence-electron chi connectivity index (χ3n) is 6.34. The van der Waals surface area contributed by atoms with Crippen LogP contribution in [0.15, 0.2) is 36.4 Å². The van der Waals surface area contributed by atoms with E-state index in [2.05, 4.69) is 18.2 Å². The van der Waals surface area contributed by atoms with Gasteiger partial charge in [-0.15, -0.1) is 0 Å². The SMILES string of the molecule is O=C(CN1C(=O)[C@@H]2[C@@H](C1=O)[C@H]1C=C[C@H]2C1)N1CCc2ccccc2C1. The summed E-state index contributed by atoms with van der Waals surface area (Å²) in [5, 5.41) is 0. The van der Waals surface area contributed by atoms with Gasteiger partial charge >= 0.3 is 0 Å². The van der Waals surface area contributed by atoms with Crippen molar-refractivity contribution in [1.82, 2.24) is 9.80 Å². The van der Waals surface area contributed by atoms with Crippen LogP contribution in [0.5, 0.6) is 0 Å². The average Bonchev–Trinajstić information content (AvgIpc) is 3.31. The van der Waals surface area contributed by atoms with Crippen molar-refractivity contribution >= 4 is 17.7 Å². The molecule has 4 aliphatic rings. The minimum Gasteiger partial charge on any atom is -0.336 e. The summed E-state index contributed by atoms with van der Waals surface area (Å²) >= 11 is 0. The van der Waals surface area contributed by atoms with E-state index >= 15 is 0 Å². The fourth-order valence-electron chi connectivity index (χ4n) is 5.06. The van der Waals surface area contributed by atoms with Gasteiger partial charge in [0.25, 0.3) is 0 Å². The maximum absolute atomic E-state index is 12.7. The van der Waals surface area contributed by atoms with Crippen LogP contribution in [0.25, 0.3) is 0 Å². The Bertz CT molecular complexity index is 785. The summed E-state index contributed by atoms with van der Waals surface area (Å²) in [5.74, 6) is -0.483. The van der Waals surface area contributed by atoms with E-state index in [9.17, 15) is 14.4 Å². The van der Waals surface area contributed by atoms with Gasteiger partial charge < -0.3 is 4.90 Å². The summed E-state index contributed by atoms with van der Waals surface area (Å²) in [7, 11) is 0. The number of imide groups is 1. The molecule has 0 spiro atoms. The second-order valence-corrected chi connectivity index (χ2v) is 7.60. The number of rotatable bonds is 2. The lowest BCUT2D eigenvalue weighted by Gasteiger charge is -2.30. The molecule has 0 unspecified atom stereocenters. The number of likely N-dealkylation sites (tertiary alicyclic amines) is 1. The number of amides is 3. The van der Waals surface area contributed by atoms with Crippen LogP contribution in [0.2, 0.25) is 0 Å². The van der Waals surface area contributed by atoms with E-state index in [1.165, 1.54) is 10.5 Å². The maximum atomic E-state index is 12.7. The number of benzene rings is 1. The standard InChI is InChI=1S/C20H20N2O3/c23-16(21-8-7-12-3-1-2-4-15(12)10-21)11-22-19(24)17-13-5-6-14(9-13)18(17)20(22)25/h1-6,13-14,17-18H,7-11H2/t13-,14-,17-,18-/m0/s1. The molecular weight excluding hydrogens is 316 g/mol. The van der Waals surface area contributed by atoms with Crippen LogP contribution in [0.1, 0.15) is 17.5 Å². The van der Waals surface area contributed by atoms with Crippen LogP contribution in [-0.2, 0) is 27.3 Å². The van der Waals surface area contributed by atoms with Gasteiger partial charge in [0.15, 0.2) is 0 Å². The first-order valence-electron chi connectivity index (χ1n) is 9.01. The van der Waals surface area contributed by atoms with E-state index in [4.69, 9.17) is 0 Å². The predicted molar refractivity (Wildman–Crippen MR) is 90.0 cm³/mol. The van der Waals surface area contributed by atoms with Crippen molar-refractivity contribution in [3.63, 3.8) is 0 Å². The molecule has 3 amide bonds. The summed E-state index contributed by atoms with van der Waals surface area (Å²) in [6.07, 6.45) is 5.88. The van der Waals surface area contributed by atoms with E-state index in [0.717, 1.165) is 18.4 Å². The molecule has 2 aliphatic heterocycles. The molecule has 0 N–H and O–H groups in total. The molecule has 5 heteroatoms. The predicted octanol–water partition coefficient (Wildman–Crippen LogP) is 1.38. The molecule has 1 saturated carbocycles. The van der Waals surface area contributed by atoms with Gasteiger partial charge in [-0.05, 0) is 35.8 Å². The van der Waals surface area contributed by atoms with Crippen LogP contribution in [0, 0.1) is 23.7 Å². The second-order valence-electron chi connectivity index (χ2n) is 7.60. The highest BCUT2D eigenvalue weighted by Crippen LogP contribution is 2.52. The largest absolute Gasteiger partial charge is 0.336 e. The van der Waals surface area contributed by atoms with Crippen LogP contribution >= 0.6 is 0 Å². The van der Waals surface area contributed by atoms with Crippen LogP contribution in [0.4, 0.5) is 0 Å². The molecule has 25 heavy (non-hydrogen) atoms. The zero-order valence-electron chi connectivity index (χ0n) is 13.9. The third-order valence-corrected chi connectivity index (χ3v) is 6.34. The third kappa shape index (κ3) is 2.11. The Morgan fingerprint density at radius 2 is 1.64 bits per heavy atom. The number of carbonyl (C=O) groups excluding carboxylic acids is 3. The summed E-state index contributed by atoms with van der Waals surface area (Å²) in [6, 6.07) is 8.12. The Morgan fingerprint density at radius 3 is 2.32 bits per heavy atom. The number of carbonyl (C=O) groups is 3. The molecule has 1 saturated heterocycles. The van der Waals surface area contributed by atoms with E-state index in [1.54, 1.807) is 4.90 Å². The van der Waals surface area contributed by atoms with Crippen molar-refractivity contribution < 1.29 is 14.4 Å². The lowest BCUT2D eigenvalue weighted by molar-refractivity contribution is -0.147. The Labute approximate surface area is 146 Å². The zero-order valence-corrected chi connectivity index (χ0v) is 13.9. The number of hydrogen-bond donors (Lipinski definition) is 0. The quantitative estimate of drug-likeness (QED) is 0.606. The van der Waals surface area contributed by atoms with Crippen molar-refractivity contribution in [2.75, 3.05) is 13.1 Å². The van der Waals surface area contributed by atoms with Gasteiger partial charge in [0.05, 0.1) is 11.8 Å². The normalized spacial score (nSPS) is 32.3. The Morgan fingerprint density at radius 1 is 1.00 bits per heavy atom. The monoisotopic (exact) mass is 336 g/mol. The van der Waals surface area contributed by atoms with E-state index in [0.29, 0.717) is 13.1 Å². The van der Waals surface area contributed by atoms with Crippen molar-refractivity contribution in [3.05, 3.63) is 47.5 Å². The smallest absolute Gasteiger partial charge is 0.243 e. The van der Waals surface area contributed by atoms with Crippen molar-refractivity contribution in [3.8, 4) is 0 Å². The summed E-state index contributed by atoms with van der Waals surface area (Å²) < 4.78 is 0.